The lowest BCUT2D eigenvalue weighted by molar-refractivity contribution is -0.312. The van der Waals surface area contributed by atoms with Gasteiger partial charge in [-0.1, -0.05) is 0 Å². The minimum atomic E-state index is -2.75. The fourth-order valence-corrected chi connectivity index (χ4v) is 0.494. The zero-order valence-electron chi connectivity index (χ0n) is 9.21. The molecular weight excluding hydrogens is 300 g/mol. The smallest absolute Gasteiger partial charge is 0.194 e. The van der Waals surface area contributed by atoms with Gasteiger partial charge >= 0.3 is 0 Å². The molecule has 0 aliphatic rings. The Morgan fingerprint density at radius 3 is 1.00 bits per heavy atom. The van der Waals surface area contributed by atoms with E-state index in [1.165, 1.54) is 0 Å². The van der Waals surface area contributed by atoms with Gasteiger partial charge in [0.15, 0.2) is 33.0 Å². The fourth-order valence-electron chi connectivity index (χ4n) is 0.165. The van der Waals surface area contributed by atoms with Gasteiger partial charge in [-0.2, -0.15) is 0 Å². The number of carbonyl (C=O) groups excluding carboxylic acids is 2. The normalized spacial score (nSPS) is 15.3. The molecule has 0 aliphatic heterocycles. The molecule has 0 aromatic carbocycles. The number of aliphatic hydroxyl groups excluding tert-OH is 2. The molecule has 0 aromatic heterocycles. The van der Waals surface area contributed by atoms with E-state index in [0.717, 1.165) is 0 Å². The highest BCUT2D eigenvalue weighted by atomic mass is 32.2. The van der Waals surface area contributed by atoms with Gasteiger partial charge in [0.25, 0.3) is 0 Å². The van der Waals surface area contributed by atoms with E-state index in [0.29, 0.717) is 0 Å². The second kappa shape index (κ2) is 12.5. The zero-order chi connectivity index (χ0) is 13.5. The standard InChI is InChI=1S/2C2H4O5S.2H3N/c2*3-1(4)2(5)8(6)7;;/h2*2,5H,(H,3,4)(H,6,7);2*1H3. The van der Waals surface area contributed by atoms with E-state index < -0.39 is 45.0 Å². The lowest BCUT2D eigenvalue weighted by Gasteiger charge is -2.03. The highest BCUT2D eigenvalue weighted by molar-refractivity contribution is 7.80. The van der Waals surface area contributed by atoms with Gasteiger partial charge in [-0.05, 0) is 0 Å². The van der Waals surface area contributed by atoms with Crippen molar-refractivity contribution in [1.29, 1.82) is 0 Å². The Bertz CT molecular complexity index is 250. The first-order valence-electron chi connectivity index (χ1n) is 3.08. The molecule has 0 amide bonds. The predicted octanol–water partition coefficient (Wildman–Crippen LogP) is -4.69. The predicted molar refractivity (Wildman–Crippen MR) is 55.5 cm³/mol. The van der Waals surface area contributed by atoms with Gasteiger partial charge < -0.3 is 51.4 Å². The van der Waals surface area contributed by atoms with Gasteiger partial charge in [0.05, 0.1) is 11.9 Å². The Morgan fingerprint density at radius 2 is 1.00 bits per heavy atom. The first kappa shape index (κ1) is 25.8. The number of carbonyl (C=O) groups is 2. The van der Waals surface area contributed by atoms with Crippen LogP contribution < -0.4 is 22.5 Å². The highest BCUT2D eigenvalue weighted by Gasteiger charge is 2.10. The Morgan fingerprint density at radius 1 is 0.833 bits per heavy atom. The van der Waals surface area contributed by atoms with Crippen molar-refractivity contribution >= 4 is 34.1 Å². The van der Waals surface area contributed by atoms with Crippen LogP contribution in [0.3, 0.4) is 0 Å². The van der Waals surface area contributed by atoms with E-state index in [4.69, 9.17) is 19.3 Å². The summed E-state index contributed by atoms with van der Waals surface area (Å²) < 4.78 is 34.7. The third-order valence-corrected chi connectivity index (χ3v) is 1.93. The molecule has 0 radical (unpaired) electrons. The molecule has 0 fully saturated rings. The van der Waals surface area contributed by atoms with Crippen molar-refractivity contribution in [3.05, 3.63) is 0 Å². The molecule has 0 saturated carbocycles. The molecule has 0 saturated heterocycles. The Labute approximate surface area is 105 Å². The van der Waals surface area contributed by atoms with Crippen LogP contribution in [0, 0.1) is 0 Å². The van der Waals surface area contributed by atoms with Crippen LogP contribution in [0.5, 0.6) is 0 Å². The fraction of sp³-hybridized carbons (Fsp3) is 0.500. The number of aliphatic carboxylic acids is 2. The monoisotopic (exact) mass is 314 g/mol. The SMILES string of the molecule is O=C([O-])C(O)S(=O)O.O=C([O-])C(O)S(=O)O.[NH4+].[NH4+]. The number of hydrogen-bond acceptors (Lipinski definition) is 8. The molecule has 14 heteroatoms. The summed E-state index contributed by atoms with van der Waals surface area (Å²) in [7, 11) is 0. The molecule has 0 aromatic rings. The second-order valence-corrected chi connectivity index (χ2v) is 3.89. The number of rotatable bonds is 4. The van der Waals surface area contributed by atoms with Crippen LogP contribution in [0.1, 0.15) is 0 Å². The average molecular weight is 314 g/mol. The lowest BCUT2D eigenvalue weighted by atomic mass is 10.7. The first-order valence-corrected chi connectivity index (χ1v) is 5.42. The van der Waals surface area contributed by atoms with Gasteiger partial charge in [0, 0.05) is 0 Å². The van der Waals surface area contributed by atoms with E-state index in [-0.39, 0.29) is 12.3 Å². The van der Waals surface area contributed by atoms with Gasteiger partial charge in [-0.25, -0.2) is 8.42 Å². The number of hydrogen-bond donors (Lipinski definition) is 6. The first-order chi connectivity index (χ1) is 7.11. The summed E-state index contributed by atoms with van der Waals surface area (Å²) in [6, 6.07) is 0. The third kappa shape index (κ3) is 13.1. The van der Waals surface area contributed by atoms with Gasteiger partial charge in [-0.3, -0.25) is 0 Å². The van der Waals surface area contributed by atoms with Crippen molar-refractivity contribution in [2.45, 2.75) is 10.9 Å². The maximum Gasteiger partial charge on any atom is 0.194 e. The van der Waals surface area contributed by atoms with E-state index in [2.05, 4.69) is 0 Å². The van der Waals surface area contributed by atoms with Crippen molar-refractivity contribution in [2.75, 3.05) is 0 Å². The highest BCUT2D eigenvalue weighted by Crippen LogP contribution is 1.83. The molecule has 4 unspecified atom stereocenters. The zero-order valence-corrected chi connectivity index (χ0v) is 10.8. The van der Waals surface area contributed by atoms with Crippen molar-refractivity contribution in [3.8, 4) is 0 Å². The average Bonchev–Trinajstić information content (AvgIpc) is 2.15. The van der Waals surface area contributed by atoms with Crippen LogP contribution >= 0.6 is 0 Å². The second-order valence-electron chi connectivity index (χ2n) is 1.90. The summed E-state index contributed by atoms with van der Waals surface area (Å²) in [4.78, 5) is 18.9. The minimum absolute atomic E-state index is 0. The van der Waals surface area contributed by atoms with Crippen molar-refractivity contribution < 1.29 is 47.5 Å². The minimum Gasteiger partial charge on any atom is -0.546 e. The molecule has 0 aliphatic carbocycles. The maximum atomic E-state index is 9.58. The number of carboxylic acid groups (broad SMARTS) is 2. The van der Waals surface area contributed by atoms with E-state index in [1.54, 1.807) is 0 Å². The molecule has 112 valence electrons. The molecule has 4 atom stereocenters. The van der Waals surface area contributed by atoms with Crippen LogP contribution in [0.15, 0.2) is 0 Å². The summed E-state index contributed by atoms with van der Waals surface area (Å²) in [5.41, 5.74) is -4.59. The lowest BCUT2D eigenvalue weighted by Crippen LogP contribution is -2.38. The topological polar surface area (TPSA) is 268 Å². The van der Waals surface area contributed by atoms with E-state index in [9.17, 15) is 28.2 Å². The summed E-state index contributed by atoms with van der Waals surface area (Å²) in [6.45, 7) is 0. The Kier molecular flexibility index (Phi) is 17.8. The molecule has 12 nitrogen and oxygen atoms in total. The van der Waals surface area contributed by atoms with Crippen LogP contribution in [-0.2, 0) is 31.7 Å². The summed E-state index contributed by atoms with van der Waals surface area (Å²) in [5, 5.41) is 34.8. The van der Waals surface area contributed by atoms with Crippen LogP contribution in [-0.4, -0.2) is 50.5 Å². The molecular formula is C4H14N2O10S2. The molecule has 12 N–H and O–H groups in total. The maximum absolute atomic E-state index is 9.58. The molecule has 0 heterocycles. The van der Waals surface area contributed by atoms with Gasteiger partial charge in [0.2, 0.25) is 0 Å². The quantitative estimate of drug-likeness (QED) is 0.269. The van der Waals surface area contributed by atoms with Crippen molar-refractivity contribution in [2.24, 2.45) is 0 Å². The van der Waals surface area contributed by atoms with Crippen LogP contribution in [0.25, 0.3) is 0 Å². The van der Waals surface area contributed by atoms with Gasteiger partial charge in [0.1, 0.15) is 0 Å². The van der Waals surface area contributed by atoms with Crippen LogP contribution in [0.4, 0.5) is 0 Å². The number of quaternary nitrogens is 2. The third-order valence-electron chi connectivity index (χ3n) is 0.785. The largest absolute Gasteiger partial charge is 0.546 e. The number of aliphatic hydroxyl groups is 2. The van der Waals surface area contributed by atoms with Gasteiger partial charge in [-0.15, -0.1) is 0 Å². The van der Waals surface area contributed by atoms with Crippen LogP contribution in [0.2, 0.25) is 0 Å². The molecule has 0 bridgehead atoms. The summed E-state index contributed by atoms with van der Waals surface area (Å²) in [5.74, 6) is -3.91. The Hall–Kier alpha value is -1.00. The molecule has 0 spiro atoms. The summed E-state index contributed by atoms with van der Waals surface area (Å²) >= 11 is -5.49. The summed E-state index contributed by atoms with van der Waals surface area (Å²) in [6.07, 6.45) is 0. The van der Waals surface area contributed by atoms with E-state index >= 15 is 0 Å². The van der Waals surface area contributed by atoms with Crippen molar-refractivity contribution in [3.63, 3.8) is 0 Å². The molecule has 0 rings (SSSR count). The van der Waals surface area contributed by atoms with E-state index in [1.807, 2.05) is 0 Å². The number of carboxylic acids is 2. The molecule has 18 heavy (non-hydrogen) atoms. The Balaban J connectivity index is -0.0000000980. The van der Waals surface area contributed by atoms with Crippen molar-refractivity contribution in [1.82, 2.24) is 12.3 Å².